The summed E-state index contributed by atoms with van der Waals surface area (Å²) in [4.78, 5) is 27.9. The van der Waals surface area contributed by atoms with E-state index in [9.17, 15) is 19.1 Å². The van der Waals surface area contributed by atoms with Gasteiger partial charge in [0.15, 0.2) is 4.34 Å². The molecular formula is C21H19FN2O3S2. The van der Waals surface area contributed by atoms with Gasteiger partial charge in [0.25, 0.3) is 0 Å². The zero-order valence-corrected chi connectivity index (χ0v) is 17.4. The maximum atomic E-state index is 13.0. The molecule has 0 saturated carbocycles. The molecule has 0 aliphatic carbocycles. The van der Waals surface area contributed by atoms with E-state index in [2.05, 4.69) is 10.3 Å². The molecule has 3 aromatic rings. The first-order valence-electron chi connectivity index (χ1n) is 8.75. The van der Waals surface area contributed by atoms with Crippen LogP contribution in [0.15, 0.2) is 58.3 Å². The summed E-state index contributed by atoms with van der Waals surface area (Å²) in [7, 11) is 0. The molecule has 29 heavy (non-hydrogen) atoms. The maximum Gasteiger partial charge on any atom is 0.319 e. The van der Waals surface area contributed by atoms with Crippen LogP contribution in [0.1, 0.15) is 19.5 Å². The molecule has 0 radical (unpaired) electrons. The minimum absolute atomic E-state index is 0.101. The van der Waals surface area contributed by atoms with Crippen molar-refractivity contribution in [2.75, 3.05) is 5.32 Å². The lowest BCUT2D eigenvalue weighted by Gasteiger charge is -2.15. The van der Waals surface area contributed by atoms with Gasteiger partial charge in [0.05, 0.1) is 12.1 Å². The number of halogens is 1. The van der Waals surface area contributed by atoms with Crippen LogP contribution < -0.4 is 5.32 Å². The zero-order chi connectivity index (χ0) is 21.0. The molecule has 0 unspecified atom stereocenters. The van der Waals surface area contributed by atoms with E-state index in [0.29, 0.717) is 15.7 Å². The number of nitrogens with one attached hydrogen (secondary N) is 1. The number of thioether (sulfide) groups is 1. The standard InChI is InChI=1S/C21H19FN2O3S2/c1-21(2,19(26)27)29-20-24-17(12-28-20)11-18(25)23-16-9-5-14(6-10-16)13-3-7-15(22)8-4-13/h3-10,12H,11H2,1-2H3,(H,23,25)(H,26,27). The number of hydrogen-bond acceptors (Lipinski definition) is 5. The highest BCUT2D eigenvalue weighted by Gasteiger charge is 2.29. The van der Waals surface area contributed by atoms with Crippen molar-refractivity contribution >= 4 is 40.7 Å². The van der Waals surface area contributed by atoms with Crippen LogP contribution in [0.3, 0.4) is 0 Å². The van der Waals surface area contributed by atoms with Crippen molar-refractivity contribution in [1.29, 1.82) is 0 Å². The normalized spacial score (nSPS) is 11.3. The maximum absolute atomic E-state index is 13.0. The molecule has 2 aromatic carbocycles. The van der Waals surface area contributed by atoms with E-state index in [-0.39, 0.29) is 18.1 Å². The van der Waals surface area contributed by atoms with Crippen molar-refractivity contribution in [2.24, 2.45) is 0 Å². The molecule has 0 bridgehead atoms. The Labute approximate surface area is 176 Å². The predicted octanol–water partition coefficient (Wildman–Crippen LogP) is 5.09. The first kappa shape index (κ1) is 21.0. The number of amides is 1. The summed E-state index contributed by atoms with van der Waals surface area (Å²) in [6.07, 6.45) is 0.101. The summed E-state index contributed by atoms with van der Waals surface area (Å²) in [5.41, 5.74) is 3.06. The fourth-order valence-electron chi connectivity index (χ4n) is 2.44. The highest BCUT2D eigenvalue weighted by Crippen LogP contribution is 2.34. The lowest BCUT2D eigenvalue weighted by molar-refractivity contribution is -0.138. The third-order valence-electron chi connectivity index (χ3n) is 4.08. The topological polar surface area (TPSA) is 79.3 Å². The minimum Gasteiger partial charge on any atom is -0.480 e. The minimum atomic E-state index is -0.982. The summed E-state index contributed by atoms with van der Waals surface area (Å²) in [5, 5.41) is 13.8. The molecule has 3 rings (SSSR count). The van der Waals surface area contributed by atoms with Crippen LogP contribution in [-0.4, -0.2) is 26.7 Å². The van der Waals surface area contributed by atoms with Gasteiger partial charge in [-0.15, -0.1) is 11.3 Å². The number of hydrogen-bond donors (Lipinski definition) is 2. The number of carbonyl (C=O) groups excluding carboxylic acids is 1. The second kappa shape index (κ2) is 8.75. The fraction of sp³-hybridized carbons (Fsp3) is 0.190. The van der Waals surface area contributed by atoms with Gasteiger partial charge in [-0.25, -0.2) is 9.37 Å². The molecule has 0 aliphatic rings. The number of nitrogens with zero attached hydrogens (tertiary/aromatic N) is 1. The van der Waals surface area contributed by atoms with E-state index in [1.165, 1.54) is 23.5 Å². The molecular weight excluding hydrogens is 411 g/mol. The molecule has 2 N–H and O–H groups in total. The number of anilines is 1. The number of aromatic nitrogens is 1. The summed E-state index contributed by atoms with van der Waals surface area (Å²) < 4.78 is 12.7. The largest absolute Gasteiger partial charge is 0.480 e. The van der Waals surface area contributed by atoms with Crippen molar-refractivity contribution < 1.29 is 19.1 Å². The van der Waals surface area contributed by atoms with E-state index in [0.717, 1.165) is 22.9 Å². The van der Waals surface area contributed by atoms with Crippen LogP contribution in [0.25, 0.3) is 11.1 Å². The number of thiazole rings is 1. The molecule has 0 fully saturated rings. The number of benzene rings is 2. The molecule has 1 heterocycles. The molecule has 0 atom stereocenters. The summed E-state index contributed by atoms with van der Waals surface area (Å²) >= 11 is 2.48. The molecule has 1 aromatic heterocycles. The number of carboxylic acids is 1. The average molecular weight is 431 g/mol. The molecule has 150 valence electrons. The second-order valence-electron chi connectivity index (χ2n) is 6.83. The van der Waals surface area contributed by atoms with E-state index in [1.807, 2.05) is 12.1 Å². The molecule has 0 saturated heterocycles. The van der Waals surface area contributed by atoms with Crippen LogP contribution in [0.4, 0.5) is 10.1 Å². The highest BCUT2D eigenvalue weighted by molar-refractivity contribution is 8.02. The van der Waals surface area contributed by atoms with Gasteiger partial charge < -0.3 is 10.4 Å². The Morgan fingerprint density at radius 1 is 1.10 bits per heavy atom. The Balaban J connectivity index is 1.58. The Kier molecular flexibility index (Phi) is 6.34. The average Bonchev–Trinajstić information content (AvgIpc) is 3.09. The predicted molar refractivity (Wildman–Crippen MR) is 114 cm³/mol. The third-order valence-corrected chi connectivity index (χ3v) is 6.25. The Hall–Kier alpha value is -2.71. The number of rotatable bonds is 7. The second-order valence-corrected chi connectivity index (χ2v) is 9.56. The smallest absolute Gasteiger partial charge is 0.319 e. The van der Waals surface area contributed by atoms with Crippen LogP contribution in [0.5, 0.6) is 0 Å². The molecule has 1 amide bonds. The summed E-state index contributed by atoms with van der Waals surface area (Å²) in [5.74, 6) is -1.41. The van der Waals surface area contributed by atoms with Gasteiger partial charge in [0.1, 0.15) is 10.6 Å². The summed E-state index contributed by atoms with van der Waals surface area (Å²) in [6.45, 7) is 3.23. The number of aliphatic carboxylic acids is 1. The van der Waals surface area contributed by atoms with Crippen molar-refractivity contribution in [3.8, 4) is 11.1 Å². The van der Waals surface area contributed by atoms with Crippen LogP contribution in [-0.2, 0) is 16.0 Å². The number of carboxylic acid groups (broad SMARTS) is 1. The van der Waals surface area contributed by atoms with Crippen LogP contribution in [0, 0.1) is 5.82 Å². The number of carbonyl (C=O) groups is 2. The third kappa shape index (κ3) is 5.65. The van der Waals surface area contributed by atoms with Crippen molar-refractivity contribution in [1.82, 2.24) is 4.98 Å². The van der Waals surface area contributed by atoms with Gasteiger partial charge in [-0.3, -0.25) is 9.59 Å². The van der Waals surface area contributed by atoms with Gasteiger partial charge >= 0.3 is 5.97 Å². The van der Waals surface area contributed by atoms with Crippen LogP contribution in [0.2, 0.25) is 0 Å². The Morgan fingerprint density at radius 2 is 1.69 bits per heavy atom. The van der Waals surface area contributed by atoms with Crippen molar-refractivity contribution in [2.45, 2.75) is 29.4 Å². The Bertz CT molecular complexity index is 1020. The molecule has 8 heteroatoms. The SMILES string of the molecule is CC(C)(Sc1nc(CC(=O)Nc2ccc(-c3ccc(F)cc3)cc2)cs1)C(=O)O. The van der Waals surface area contributed by atoms with Gasteiger partial charge in [0, 0.05) is 11.1 Å². The van der Waals surface area contributed by atoms with Gasteiger partial charge in [-0.05, 0) is 49.2 Å². The zero-order valence-electron chi connectivity index (χ0n) is 15.8. The fourth-order valence-corrected chi connectivity index (χ4v) is 4.63. The highest BCUT2D eigenvalue weighted by atomic mass is 32.2. The Morgan fingerprint density at radius 3 is 2.28 bits per heavy atom. The lowest BCUT2D eigenvalue weighted by atomic mass is 10.1. The quantitative estimate of drug-likeness (QED) is 0.511. The van der Waals surface area contributed by atoms with E-state index in [1.54, 1.807) is 43.5 Å². The molecule has 0 aliphatic heterocycles. The van der Waals surface area contributed by atoms with Crippen molar-refractivity contribution in [3.63, 3.8) is 0 Å². The summed E-state index contributed by atoms with van der Waals surface area (Å²) in [6, 6.07) is 13.5. The first-order chi connectivity index (χ1) is 13.7. The first-order valence-corrected chi connectivity index (χ1v) is 10.5. The molecule has 5 nitrogen and oxygen atoms in total. The lowest BCUT2D eigenvalue weighted by Crippen LogP contribution is -2.26. The van der Waals surface area contributed by atoms with Gasteiger partial charge in [-0.2, -0.15) is 0 Å². The van der Waals surface area contributed by atoms with E-state index >= 15 is 0 Å². The molecule has 0 spiro atoms. The van der Waals surface area contributed by atoms with Gasteiger partial charge in [0.2, 0.25) is 5.91 Å². The van der Waals surface area contributed by atoms with Crippen LogP contribution >= 0.6 is 23.1 Å². The van der Waals surface area contributed by atoms with E-state index in [4.69, 9.17) is 0 Å². The van der Waals surface area contributed by atoms with Crippen molar-refractivity contribution in [3.05, 3.63) is 65.4 Å². The van der Waals surface area contributed by atoms with E-state index < -0.39 is 10.7 Å². The monoisotopic (exact) mass is 430 g/mol. The van der Waals surface area contributed by atoms with Gasteiger partial charge in [-0.1, -0.05) is 36.0 Å².